The number of rotatable bonds is 4. The van der Waals surface area contributed by atoms with Crippen LogP contribution >= 0.6 is 0 Å². The molecule has 1 saturated heterocycles. The van der Waals surface area contributed by atoms with Gasteiger partial charge in [0.15, 0.2) is 0 Å². The van der Waals surface area contributed by atoms with Crippen LogP contribution in [0.5, 0.6) is 0 Å². The van der Waals surface area contributed by atoms with Crippen LogP contribution in [-0.2, 0) is 11.3 Å². The normalized spacial score (nSPS) is 24.9. The van der Waals surface area contributed by atoms with Gasteiger partial charge in [-0.25, -0.2) is 4.79 Å². The van der Waals surface area contributed by atoms with Gasteiger partial charge in [0.05, 0.1) is 0 Å². The zero-order chi connectivity index (χ0) is 15.6. The van der Waals surface area contributed by atoms with Gasteiger partial charge < -0.3 is 15.0 Å². The van der Waals surface area contributed by atoms with E-state index in [2.05, 4.69) is 34.5 Å². The summed E-state index contributed by atoms with van der Waals surface area (Å²) in [7, 11) is 0. The molecule has 0 aromatic heterocycles. The Morgan fingerprint density at radius 3 is 2.26 bits per heavy atom. The Kier molecular flexibility index (Phi) is 3.66. The molecule has 4 nitrogen and oxygen atoms in total. The topological polar surface area (TPSA) is 41.6 Å². The van der Waals surface area contributed by atoms with E-state index in [4.69, 9.17) is 4.74 Å². The molecular formula is C19H20N2O2. The summed E-state index contributed by atoms with van der Waals surface area (Å²) in [5, 5.41) is 2.83. The van der Waals surface area contributed by atoms with Gasteiger partial charge in [-0.3, -0.25) is 0 Å². The van der Waals surface area contributed by atoms with Gasteiger partial charge in [0.1, 0.15) is 6.10 Å². The molecule has 2 atom stereocenters. The number of alkyl carbamates (subject to hydrolysis) is 1. The molecular weight excluding hydrogens is 288 g/mol. The van der Waals surface area contributed by atoms with Crippen LogP contribution in [0.1, 0.15) is 5.56 Å². The number of hydrogen-bond donors (Lipinski definition) is 1. The molecule has 1 aliphatic heterocycles. The highest BCUT2D eigenvalue weighted by Gasteiger charge is 2.58. The summed E-state index contributed by atoms with van der Waals surface area (Å²) in [5.41, 5.74) is 2.34. The zero-order valence-corrected chi connectivity index (χ0v) is 12.9. The van der Waals surface area contributed by atoms with E-state index in [9.17, 15) is 4.79 Å². The van der Waals surface area contributed by atoms with E-state index in [1.54, 1.807) is 0 Å². The Balaban J connectivity index is 1.23. The number of para-hydroxylation sites is 1. The standard InChI is InChI=1S/C19H20N2O2/c22-19(20-11-14-7-3-1-4-8-14)23-18-16-12-21(13-17(16)18)15-9-5-2-6-10-15/h1-10,16-18H,11-13H2,(H,20,22). The lowest BCUT2D eigenvalue weighted by Crippen LogP contribution is -2.30. The van der Waals surface area contributed by atoms with Gasteiger partial charge in [-0.15, -0.1) is 0 Å². The van der Waals surface area contributed by atoms with Crippen LogP contribution < -0.4 is 10.2 Å². The Labute approximate surface area is 136 Å². The summed E-state index contributed by atoms with van der Waals surface area (Å²) in [6, 6.07) is 20.3. The summed E-state index contributed by atoms with van der Waals surface area (Å²) < 4.78 is 5.56. The first-order valence-corrected chi connectivity index (χ1v) is 8.09. The van der Waals surface area contributed by atoms with Crippen molar-refractivity contribution in [3.05, 3.63) is 66.2 Å². The van der Waals surface area contributed by atoms with Crippen molar-refractivity contribution in [1.29, 1.82) is 0 Å². The van der Waals surface area contributed by atoms with E-state index in [0.29, 0.717) is 18.4 Å². The van der Waals surface area contributed by atoms with Crippen molar-refractivity contribution in [1.82, 2.24) is 5.32 Å². The van der Waals surface area contributed by atoms with Crippen LogP contribution in [-0.4, -0.2) is 25.3 Å². The van der Waals surface area contributed by atoms with Crippen molar-refractivity contribution >= 4 is 11.8 Å². The van der Waals surface area contributed by atoms with Crippen molar-refractivity contribution in [2.45, 2.75) is 12.6 Å². The molecule has 2 aromatic rings. The molecule has 1 saturated carbocycles. The number of piperidine rings is 1. The minimum absolute atomic E-state index is 0.0886. The van der Waals surface area contributed by atoms with Gasteiger partial charge in [-0.1, -0.05) is 48.5 Å². The summed E-state index contributed by atoms with van der Waals surface area (Å²) in [6.07, 6.45) is -0.217. The fourth-order valence-corrected chi connectivity index (χ4v) is 3.43. The molecule has 0 radical (unpaired) electrons. The van der Waals surface area contributed by atoms with E-state index >= 15 is 0 Å². The van der Waals surface area contributed by atoms with Crippen LogP contribution in [0.15, 0.2) is 60.7 Å². The van der Waals surface area contributed by atoms with Gasteiger partial charge in [0.25, 0.3) is 0 Å². The number of carbonyl (C=O) groups is 1. The first-order valence-electron chi connectivity index (χ1n) is 8.09. The third kappa shape index (κ3) is 3.02. The average molecular weight is 308 g/mol. The van der Waals surface area contributed by atoms with Crippen LogP contribution in [0.2, 0.25) is 0 Å². The lowest BCUT2D eigenvalue weighted by Gasteiger charge is -2.22. The number of anilines is 1. The summed E-state index contributed by atoms with van der Waals surface area (Å²) in [4.78, 5) is 14.3. The molecule has 2 fully saturated rings. The quantitative estimate of drug-likeness (QED) is 0.944. The van der Waals surface area contributed by atoms with Gasteiger partial charge >= 0.3 is 6.09 Å². The summed E-state index contributed by atoms with van der Waals surface area (Å²) >= 11 is 0. The SMILES string of the molecule is O=C(NCc1ccccc1)OC1C2CN(c3ccccc3)CC21. The first-order chi connectivity index (χ1) is 11.3. The Morgan fingerprint density at radius 2 is 1.61 bits per heavy atom. The molecule has 1 aliphatic carbocycles. The maximum absolute atomic E-state index is 11.9. The third-order valence-electron chi connectivity index (χ3n) is 4.76. The summed E-state index contributed by atoms with van der Waals surface area (Å²) in [6.45, 7) is 2.47. The fraction of sp³-hybridized carbons (Fsp3) is 0.316. The predicted octanol–water partition coefficient (Wildman–Crippen LogP) is 3.05. The highest BCUT2D eigenvalue weighted by Crippen LogP contribution is 2.48. The van der Waals surface area contributed by atoms with E-state index in [0.717, 1.165) is 18.7 Å². The second-order valence-electron chi connectivity index (χ2n) is 6.28. The van der Waals surface area contributed by atoms with Crippen LogP contribution in [0.3, 0.4) is 0 Å². The van der Waals surface area contributed by atoms with Gasteiger partial charge in [-0.05, 0) is 17.7 Å². The first kappa shape index (κ1) is 14.1. The van der Waals surface area contributed by atoms with E-state index in [-0.39, 0.29) is 12.2 Å². The molecule has 4 rings (SSSR count). The van der Waals surface area contributed by atoms with Crippen LogP contribution in [0.4, 0.5) is 10.5 Å². The molecule has 1 heterocycles. The number of carbonyl (C=O) groups excluding carboxylic acids is 1. The molecule has 0 bridgehead atoms. The third-order valence-corrected chi connectivity index (χ3v) is 4.76. The Morgan fingerprint density at radius 1 is 1.00 bits per heavy atom. The Bertz CT molecular complexity index is 662. The van der Waals surface area contributed by atoms with Crippen molar-refractivity contribution in [3.8, 4) is 0 Å². The van der Waals surface area contributed by atoms with Crippen LogP contribution in [0.25, 0.3) is 0 Å². The van der Waals surface area contributed by atoms with E-state index in [1.807, 2.05) is 36.4 Å². The molecule has 2 unspecified atom stereocenters. The molecule has 0 spiro atoms. The second kappa shape index (κ2) is 5.95. The predicted molar refractivity (Wildman–Crippen MR) is 89.2 cm³/mol. The van der Waals surface area contributed by atoms with E-state index in [1.165, 1.54) is 5.69 Å². The highest BCUT2D eigenvalue weighted by atomic mass is 16.6. The maximum atomic E-state index is 11.9. The van der Waals surface area contributed by atoms with Crippen molar-refractivity contribution in [3.63, 3.8) is 0 Å². The monoisotopic (exact) mass is 308 g/mol. The lowest BCUT2D eigenvalue weighted by atomic mass is 10.2. The molecule has 1 N–H and O–H groups in total. The van der Waals surface area contributed by atoms with Crippen molar-refractivity contribution in [2.75, 3.05) is 18.0 Å². The minimum atomic E-state index is -0.306. The van der Waals surface area contributed by atoms with Gasteiger partial charge in [0, 0.05) is 37.2 Å². The number of nitrogens with one attached hydrogen (secondary N) is 1. The second-order valence-corrected chi connectivity index (χ2v) is 6.28. The molecule has 4 heteroatoms. The number of ether oxygens (including phenoxy) is 1. The molecule has 1 amide bonds. The smallest absolute Gasteiger partial charge is 0.407 e. The van der Waals surface area contributed by atoms with Gasteiger partial charge in [0.2, 0.25) is 0 Å². The number of fused-ring (bicyclic) bond motifs is 1. The largest absolute Gasteiger partial charge is 0.445 e. The van der Waals surface area contributed by atoms with E-state index < -0.39 is 0 Å². The Hall–Kier alpha value is -2.49. The summed E-state index contributed by atoms with van der Waals surface area (Å²) in [5.74, 6) is 0.968. The molecule has 2 aliphatic rings. The average Bonchev–Trinajstić information content (AvgIpc) is 3.05. The number of hydrogen-bond acceptors (Lipinski definition) is 3. The minimum Gasteiger partial charge on any atom is -0.445 e. The lowest BCUT2D eigenvalue weighted by molar-refractivity contribution is 0.127. The highest BCUT2D eigenvalue weighted by molar-refractivity contribution is 5.68. The zero-order valence-electron chi connectivity index (χ0n) is 12.9. The molecule has 118 valence electrons. The van der Waals surface area contributed by atoms with Crippen LogP contribution in [0, 0.1) is 11.8 Å². The fourth-order valence-electron chi connectivity index (χ4n) is 3.43. The number of amides is 1. The number of benzene rings is 2. The molecule has 23 heavy (non-hydrogen) atoms. The maximum Gasteiger partial charge on any atom is 0.407 e. The molecule has 2 aromatic carbocycles. The van der Waals surface area contributed by atoms with Gasteiger partial charge in [-0.2, -0.15) is 0 Å². The van der Waals surface area contributed by atoms with Crippen molar-refractivity contribution < 1.29 is 9.53 Å². The van der Waals surface area contributed by atoms with Crippen molar-refractivity contribution in [2.24, 2.45) is 11.8 Å². The number of nitrogens with zero attached hydrogens (tertiary/aromatic N) is 1.